The summed E-state index contributed by atoms with van der Waals surface area (Å²) in [4.78, 5) is 6.76. The van der Waals surface area contributed by atoms with Crippen LogP contribution in [0.4, 0.5) is 0 Å². The second kappa shape index (κ2) is 5.32. The minimum atomic E-state index is 0.550. The number of hydrogen-bond acceptors (Lipinski definition) is 4. The lowest BCUT2D eigenvalue weighted by Gasteiger charge is -2.15. The molecule has 0 aromatic carbocycles. The summed E-state index contributed by atoms with van der Waals surface area (Å²) >= 11 is 1.70. The molecule has 0 bridgehead atoms. The highest BCUT2D eigenvalue weighted by molar-refractivity contribution is 7.09. The van der Waals surface area contributed by atoms with Gasteiger partial charge in [0.05, 0.1) is 12.2 Å². The van der Waals surface area contributed by atoms with Crippen LogP contribution in [0.25, 0.3) is 0 Å². The molecule has 1 aromatic heterocycles. The van der Waals surface area contributed by atoms with Crippen LogP contribution in [-0.2, 0) is 13.1 Å². The Morgan fingerprint density at radius 2 is 2.15 bits per heavy atom. The molecular formula is C9H17N3S. The summed E-state index contributed by atoms with van der Waals surface area (Å²) in [5, 5.41) is 3.21. The van der Waals surface area contributed by atoms with Crippen molar-refractivity contribution in [3.63, 3.8) is 0 Å². The lowest BCUT2D eigenvalue weighted by Crippen LogP contribution is -2.22. The highest BCUT2D eigenvalue weighted by atomic mass is 32.1. The Kier molecular flexibility index (Phi) is 4.35. The highest BCUT2D eigenvalue weighted by Crippen LogP contribution is 2.11. The van der Waals surface area contributed by atoms with Crippen molar-refractivity contribution in [2.75, 3.05) is 13.1 Å². The predicted octanol–water partition coefficient (Wildman–Crippen LogP) is 1.44. The first-order chi connectivity index (χ1) is 6.30. The van der Waals surface area contributed by atoms with Crippen LogP contribution in [0.5, 0.6) is 0 Å². The van der Waals surface area contributed by atoms with Gasteiger partial charge in [0.15, 0.2) is 0 Å². The Morgan fingerprint density at radius 3 is 2.62 bits per heavy atom. The molecule has 0 unspecified atom stereocenters. The number of rotatable bonds is 5. The second-order valence-corrected chi connectivity index (χ2v) is 3.84. The van der Waals surface area contributed by atoms with Crippen LogP contribution in [0.15, 0.2) is 5.38 Å². The fraction of sp³-hybridized carbons (Fsp3) is 0.667. The monoisotopic (exact) mass is 199 g/mol. The second-order valence-electron chi connectivity index (χ2n) is 2.90. The summed E-state index contributed by atoms with van der Waals surface area (Å²) in [6.45, 7) is 8.00. The molecule has 13 heavy (non-hydrogen) atoms. The van der Waals surface area contributed by atoms with Crippen molar-refractivity contribution in [3.05, 3.63) is 16.1 Å². The molecule has 1 heterocycles. The Balaban J connectivity index is 2.52. The molecular weight excluding hydrogens is 182 g/mol. The van der Waals surface area contributed by atoms with E-state index < -0.39 is 0 Å². The number of hydrogen-bond donors (Lipinski definition) is 1. The molecule has 0 saturated heterocycles. The molecule has 0 amide bonds. The third-order valence-electron chi connectivity index (χ3n) is 2.06. The van der Waals surface area contributed by atoms with Gasteiger partial charge in [-0.1, -0.05) is 13.8 Å². The third kappa shape index (κ3) is 3.06. The average molecular weight is 199 g/mol. The van der Waals surface area contributed by atoms with Gasteiger partial charge in [-0.2, -0.15) is 0 Å². The van der Waals surface area contributed by atoms with E-state index in [1.807, 2.05) is 5.38 Å². The normalized spacial score (nSPS) is 11.1. The van der Waals surface area contributed by atoms with Gasteiger partial charge >= 0.3 is 0 Å². The van der Waals surface area contributed by atoms with Crippen LogP contribution in [0.3, 0.4) is 0 Å². The van der Waals surface area contributed by atoms with E-state index in [4.69, 9.17) is 5.73 Å². The van der Waals surface area contributed by atoms with Crippen LogP contribution in [0, 0.1) is 0 Å². The first-order valence-corrected chi connectivity index (χ1v) is 5.53. The van der Waals surface area contributed by atoms with E-state index in [0.29, 0.717) is 6.54 Å². The molecule has 4 heteroatoms. The van der Waals surface area contributed by atoms with Crippen molar-refractivity contribution >= 4 is 11.3 Å². The van der Waals surface area contributed by atoms with Crippen LogP contribution >= 0.6 is 11.3 Å². The van der Waals surface area contributed by atoms with Crippen molar-refractivity contribution in [2.45, 2.75) is 26.9 Å². The SMILES string of the molecule is CCN(CC)Cc1nc(CN)cs1. The number of nitrogens with zero attached hydrogens (tertiary/aromatic N) is 2. The maximum absolute atomic E-state index is 5.49. The smallest absolute Gasteiger partial charge is 0.107 e. The first-order valence-electron chi connectivity index (χ1n) is 4.65. The molecule has 0 spiro atoms. The molecule has 0 radical (unpaired) electrons. The van der Waals surface area contributed by atoms with E-state index in [9.17, 15) is 0 Å². The van der Waals surface area contributed by atoms with E-state index in [2.05, 4.69) is 23.7 Å². The van der Waals surface area contributed by atoms with Crippen LogP contribution in [-0.4, -0.2) is 23.0 Å². The van der Waals surface area contributed by atoms with E-state index >= 15 is 0 Å². The summed E-state index contributed by atoms with van der Waals surface area (Å²) in [5.74, 6) is 0. The molecule has 0 aliphatic rings. The largest absolute Gasteiger partial charge is 0.325 e. The molecule has 2 N–H and O–H groups in total. The first kappa shape index (κ1) is 10.6. The van der Waals surface area contributed by atoms with E-state index in [0.717, 1.165) is 25.3 Å². The topological polar surface area (TPSA) is 42.2 Å². The van der Waals surface area contributed by atoms with E-state index in [1.54, 1.807) is 11.3 Å². The molecule has 0 saturated carbocycles. The minimum absolute atomic E-state index is 0.550. The lowest BCUT2D eigenvalue weighted by molar-refractivity contribution is 0.295. The Morgan fingerprint density at radius 1 is 1.46 bits per heavy atom. The number of thiazole rings is 1. The van der Waals surface area contributed by atoms with Crippen molar-refractivity contribution in [1.82, 2.24) is 9.88 Å². The Hall–Kier alpha value is -0.450. The summed E-state index contributed by atoms with van der Waals surface area (Å²) in [7, 11) is 0. The predicted molar refractivity (Wildman–Crippen MR) is 56.6 cm³/mol. The molecule has 74 valence electrons. The summed E-state index contributed by atoms with van der Waals surface area (Å²) in [6, 6.07) is 0. The van der Waals surface area contributed by atoms with Crippen molar-refractivity contribution < 1.29 is 0 Å². The zero-order valence-electron chi connectivity index (χ0n) is 8.29. The van der Waals surface area contributed by atoms with Gasteiger partial charge in [0.25, 0.3) is 0 Å². The van der Waals surface area contributed by atoms with Crippen LogP contribution < -0.4 is 5.73 Å². The quantitative estimate of drug-likeness (QED) is 0.780. The Labute approximate surface area is 83.6 Å². The van der Waals surface area contributed by atoms with E-state index in [-0.39, 0.29) is 0 Å². The van der Waals surface area contributed by atoms with Gasteiger partial charge in [-0.25, -0.2) is 4.98 Å². The molecule has 0 fully saturated rings. The third-order valence-corrected chi connectivity index (χ3v) is 2.94. The van der Waals surface area contributed by atoms with Crippen molar-refractivity contribution in [3.8, 4) is 0 Å². The number of nitrogens with two attached hydrogens (primary N) is 1. The van der Waals surface area contributed by atoms with Crippen LogP contribution in [0.2, 0.25) is 0 Å². The van der Waals surface area contributed by atoms with Gasteiger partial charge in [0.1, 0.15) is 5.01 Å². The van der Waals surface area contributed by atoms with Crippen molar-refractivity contribution in [1.29, 1.82) is 0 Å². The molecule has 0 atom stereocenters. The lowest BCUT2D eigenvalue weighted by atomic mass is 10.4. The van der Waals surface area contributed by atoms with Crippen molar-refractivity contribution in [2.24, 2.45) is 5.73 Å². The van der Waals surface area contributed by atoms with Gasteiger partial charge in [-0.3, -0.25) is 4.90 Å². The maximum atomic E-state index is 5.49. The molecule has 0 aliphatic carbocycles. The summed E-state index contributed by atoms with van der Waals surface area (Å²) in [6.07, 6.45) is 0. The van der Waals surface area contributed by atoms with Gasteiger partial charge < -0.3 is 5.73 Å². The summed E-state index contributed by atoms with van der Waals surface area (Å²) in [5.41, 5.74) is 6.50. The average Bonchev–Trinajstić information content (AvgIpc) is 2.61. The molecule has 3 nitrogen and oxygen atoms in total. The molecule has 1 rings (SSSR count). The zero-order chi connectivity index (χ0) is 9.68. The van der Waals surface area contributed by atoms with Gasteiger partial charge in [-0.05, 0) is 13.1 Å². The van der Waals surface area contributed by atoms with Gasteiger partial charge in [0, 0.05) is 11.9 Å². The fourth-order valence-corrected chi connectivity index (χ4v) is 2.00. The standard InChI is InChI=1S/C9H17N3S/c1-3-12(4-2)6-9-11-8(5-10)7-13-9/h7H,3-6,10H2,1-2H3. The zero-order valence-corrected chi connectivity index (χ0v) is 9.10. The van der Waals surface area contributed by atoms with Gasteiger partial charge in [-0.15, -0.1) is 11.3 Å². The van der Waals surface area contributed by atoms with E-state index in [1.165, 1.54) is 5.01 Å². The molecule has 0 aliphatic heterocycles. The molecule has 1 aromatic rings. The highest BCUT2D eigenvalue weighted by Gasteiger charge is 2.04. The fourth-order valence-electron chi connectivity index (χ4n) is 1.15. The van der Waals surface area contributed by atoms with Crippen LogP contribution in [0.1, 0.15) is 24.5 Å². The Bertz CT molecular complexity index is 243. The number of aromatic nitrogens is 1. The van der Waals surface area contributed by atoms with Gasteiger partial charge in [0.2, 0.25) is 0 Å². The summed E-state index contributed by atoms with van der Waals surface area (Å²) < 4.78 is 0. The minimum Gasteiger partial charge on any atom is -0.325 e. The maximum Gasteiger partial charge on any atom is 0.107 e.